The molecule has 2 rings (SSSR count). The number of hydrogen-bond acceptors (Lipinski definition) is 5. The van der Waals surface area contributed by atoms with Gasteiger partial charge in [0.2, 0.25) is 0 Å². The third kappa shape index (κ3) is 1.87. The number of sulfone groups is 1. The number of nitrogens with two attached hydrogens (primary N) is 1. The van der Waals surface area contributed by atoms with Crippen molar-refractivity contribution in [3.8, 4) is 0 Å². The Hall–Kier alpha value is -1.01. The Morgan fingerprint density at radius 2 is 2.00 bits per heavy atom. The molecule has 1 aliphatic heterocycles. The Balaban J connectivity index is 2.56. The van der Waals surface area contributed by atoms with Gasteiger partial charge in [0.25, 0.3) is 0 Å². The van der Waals surface area contributed by atoms with Gasteiger partial charge >= 0.3 is 0 Å². The first kappa shape index (κ1) is 10.5. The van der Waals surface area contributed by atoms with Gasteiger partial charge in [-0.3, -0.25) is 0 Å². The number of aromatic nitrogens is 2. The molecule has 6 heteroatoms. The van der Waals surface area contributed by atoms with E-state index in [0.717, 1.165) is 11.3 Å². The van der Waals surface area contributed by atoms with Gasteiger partial charge in [-0.2, -0.15) is 0 Å². The fraction of sp³-hybridized carbons (Fsp3) is 0.556. The molecule has 2 heterocycles. The molecule has 15 heavy (non-hydrogen) atoms. The summed E-state index contributed by atoms with van der Waals surface area (Å²) >= 11 is 0. The lowest BCUT2D eigenvalue weighted by Crippen LogP contribution is -2.12. The summed E-state index contributed by atoms with van der Waals surface area (Å²) in [5.41, 5.74) is 7.77. The van der Waals surface area contributed by atoms with Gasteiger partial charge < -0.3 is 5.73 Å². The normalized spacial score (nSPS) is 19.9. The summed E-state index contributed by atoms with van der Waals surface area (Å²) in [5.74, 6) is 0.599. The average Bonchev–Trinajstić information content (AvgIpc) is 2.39. The molecule has 0 saturated heterocycles. The lowest BCUT2D eigenvalue weighted by molar-refractivity contribution is 0.597. The smallest absolute Gasteiger partial charge is 0.160 e. The zero-order chi connectivity index (χ0) is 11.2. The Morgan fingerprint density at radius 3 is 2.60 bits per heavy atom. The average molecular weight is 227 g/mol. The number of rotatable bonds is 1. The van der Waals surface area contributed by atoms with Crippen LogP contribution in [0.5, 0.6) is 0 Å². The van der Waals surface area contributed by atoms with Crippen molar-refractivity contribution in [2.75, 3.05) is 0 Å². The summed E-state index contributed by atoms with van der Waals surface area (Å²) in [6, 6.07) is -0.266. The summed E-state index contributed by atoms with van der Waals surface area (Å²) in [6.07, 6.45) is 0. The minimum absolute atomic E-state index is 0.0193. The molecule has 0 saturated carbocycles. The number of aryl methyl sites for hydroxylation is 1. The van der Waals surface area contributed by atoms with Gasteiger partial charge in [-0.05, 0) is 13.8 Å². The lowest BCUT2D eigenvalue weighted by Gasteiger charge is -2.07. The van der Waals surface area contributed by atoms with E-state index in [0.29, 0.717) is 11.5 Å². The molecule has 2 N–H and O–H groups in total. The van der Waals surface area contributed by atoms with Crippen molar-refractivity contribution in [2.45, 2.75) is 31.4 Å². The second-order valence-electron chi connectivity index (χ2n) is 3.91. The molecule has 5 nitrogen and oxygen atoms in total. The highest BCUT2D eigenvalue weighted by molar-refractivity contribution is 7.90. The summed E-state index contributed by atoms with van der Waals surface area (Å²) in [4.78, 5) is 8.40. The van der Waals surface area contributed by atoms with E-state index in [1.807, 2.05) is 0 Å². The molecule has 0 fully saturated rings. The van der Waals surface area contributed by atoms with E-state index < -0.39 is 9.84 Å². The molecule has 1 aliphatic rings. The molecule has 0 spiro atoms. The van der Waals surface area contributed by atoms with Gasteiger partial charge in [0.05, 0.1) is 23.2 Å². The lowest BCUT2D eigenvalue weighted by atomic mass is 10.2. The highest BCUT2D eigenvalue weighted by Gasteiger charge is 2.28. The fourth-order valence-corrected chi connectivity index (χ4v) is 3.24. The fourth-order valence-electron chi connectivity index (χ4n) is 1.67. The first-order chi connectivity index (χ1) is 6.89. The van der Waals surface area contributed by atoms with Gasteiger partial charge in [-0.25, -0.2) is 18.4 Å². The van der Waals surface area contributed by atoms with Crippen molar-refractivity contribution in [3.05, 3.63) is 22.8 Å². The second kappa shape index (κ2) is 3.24. The maximum Gasteiger partial charge on any atom is 0.160 e. The van der Waals surface area contributed by atoms with Gasteiger partial charge in [0, 0.05) is 11.3 Å². The first-order valence-corrected chi connectivity index (χ1v) is 6.53. The third-order valence-corrected chi connectivity index (χ3v) is 3.89. The van der Waals surface area contributed by atoms with Crippen molar-refractivity contribution < 1.29 is 8.42 Å². The molecule has 0 bridgehead atoms. The van der Waals surface area contributed by atoms with E-state index in [9.17, 15) is 8.42 Å². The van der Waals surface area contributed by atoms with Crippen LogP contribution in [0.15, 0.2) is 0 Å². The molecule has 0 amide bonds. The maximum atomic E-state index is 11.4. The second-order valence-corrected chi connectivity index (χ2v) is 5.98. The topological polar surface area (TPSA) is 85.9 Å². The summed E-state index contributed by atoms with van der Waals surface area (Å²) in [7, 11) is -3.01. The highest BCUT2D eigenvalue weighted by atomic mass is 32.2. The van der Waals surface area contributed by atoms with E-state index in [1.165, 1.54) is 0 Å². The molecule has 1 unspecified atom stereocenters. The summed E-state index contributed by atoms with van der Waals surface area (Å²) in [6.45, 7) is 3.58. The molecule has 0 aromatic carbocycles. The zero-order valence-corrected chi connectivity index (χ0v) is 9.50. The largest absolute Gasteiger partial charge is 0.322 e. The van der Waals surface area contributed by atoms with Crippen molar-refractivity contribution in [3.63, 3.8) is 0 Å². The first-order valence-electron chi connectivity index (χ1n) is 4.71. The van der Waals surface area contributed by atoms with Gasteiger partial charge in [0.15, 0.2) is 9.84 Å². The molecule has 82 valence electrons. The van der Waals surface area contributed by atoms with Gasteiger partial charge in [-0.1, -0.05) is 0 Å². The van der Waals surface area contributed by atoms with Crippen LogP contribution >= 0.6 is 0 Å². The Kier molecular flexibility index (Phi) is 2.27. The van der Waals surface area contributed by atoms with Gasteiger partial charge in [-0.15, -0.1) is 0 Å². The minimum Gasteiger partial charge on any atom is -0.322 e. The van der Waals surface area contributed by atoms with Crippen LogP contribution in [-0.2, 0) is 21.3 Å². The summed E-state index contributed by atoms with van der Waals surface area (Å²) < 4.78 is 22.8. The minimum atomic E-state index is -3.01. The van der Waals surface area contributed by atoms with Crippen molar-refractivity contribution in [1.29, 1.82) is 0 Å². The molecule has 1 aromatic rings. The van der Waals surface area contributed by atoms with E-state index in [-0.39, 0.29) is 17.5 Å². The van der Waals surface area contributed by atoms with Gasteiger partial charge in [0.1, 0.15) is 5.82 Å². The molecular weight excluding hydrogens is 214 g/mol. The van der Waals surface area contributed by atoms with E-state index in [4.69, 9.17) is 5.73 Å². The number of fused-ring (bicyclic) bond motifs is 1. The monoisotopic (exact) mass is 227 g/mol. The Morgan fingerprint density at radius 1 is 1.33 bits per heavy atom. The van der Waals surface area contributed by atoms with Crippen LogP contribution in [0.3, 0.4) is 0 Å². The SMILES string of the molecule is Cc1nc(C(C)N)nc2c1CS(=O)(=O)C2. The predicted octanol–water partition coefficient (Wildman–Crippen LogP) is 0.233. The predicted molar refractivity (Wildman–Crippen MR) is 55.7 cm³/mol. The van der Waals surface area contributed by atoms with E-state index in [2.05, 4.69) is 9.97 Å². The molecular formula is C9H13N3O2S. The number of nitrogens with zero attached hydrogens (tertiary/aromatic N) is 2. The van der Waals surface area contributed by atoms with Crippen molar-refractivity contribution >= 4 is 9.84 Å². The highest BCUT2D eigenvalue weighted by Crippen LogP contribution is 2.26. The standard InChI is InChI=1S/C9H13N3O2S/c1-5(10)9-11-6(2)7-3-15(13,14)4-8(7)12-9/h5H,3-4,10H2,1-2H3. The van der Waals surface area contributed by atoms with E-state index >= 15 is 0 Å². The number of hydrogen-bond donors (Lipinski definition) is 1. The quantitative estimate of drug-likeness (QED) is 0.742. The molecule has 1 atom stereocenters. The molecule has 0 aliphatic carbocycles. The Bertz CT molecular complexity index is 508. The van der Waals surface area contributed by atoms with Crippen LogP contribution in [0.2, 0.25) is 0 Å². The molecule has 0 radical (unpaired) electrons. The van der Waals surface area contributed by atoms with Crippen LogP contribution in [0.1, 0.15) is 35.7 Å². The Labute approximate surface area is 88.7 Å². The van der Waals surface area contributed by atoms with E-state index in [1.54, 1.807) is 13.8 Å². The van der Waals surface area contributed by atoms with Crippen LogP contribution in [0.25, 0.3) is 0 Å². The van der Waals surface area contributed by atoms with Crippen LogP contribution in [0, 0.1) is 6.92 Å². The van der Waals surface area contributed by atoms with Crippen molar-refractivity contribution in [1.82, 2.24) is 9.97 Å². The third-order valence-electron chi connectivity index (χ3n) is 2.44. The zero-order valence-electron chi connectivity index (χ0n) is 8.69. The van der Waals surface area contributed by atoms with Crippen LogP contribution in [-0.4, -0.2) is 18.4 Å². The maximum absolute atomic E-state index is 11.4. The van der Waals surface area contributed by atoms with Crippen molar-refractivity contribution in [2.24, 2.45) is 5.73 Å². The molecule has 1 aromatic heterocycles. The van der Waals surface area contributed by atoms with Crippen LogP contribution < -0.4 is 5.73 Å². The summed E-state index contributed by atoms with van der Waals surface area (Å²) in [5, 5.41) is 0. The van der Waals surface area contributed by atoms with Crippen LogP contribution in [0.4, 0.5) is 0 Å².